The molecule has 106 valence electrons. The molecule has 2 rings (SSSR count). The molecule has 20 heavy (non-hydrogen) atoms. The van der Waals surface area contributed by atoms with Crippen LogP contribution in [0.2, 0.25) is 5.02 Å². The van der Waals surface area contributed by atoms with Crippen molar-refractivity contribution in [2.75, 3.05) is 10.5 Å². The molecular weight excluding hydrogens is 298 g/mol. The standard InChI is InChI=1S/C13H14ClN3O2S/c1-8-5-9(2)16-13(6-8)17-20(18,19)12-4-3-10(14)7-11(12)15/h3-7H,15H2,1-2H3,(H,16,17). The Morgan fingerprint density at radius 1 is 1.20 bits per heavy atom. The predicted molar refractivity (Wildman–Crippen MR) is 80.4 cm³/mol. The molecule has 0 saturated heterocycles. The fourth-order valence-corrected chi connectivity index (χ4v) is 3.14. The third-order valence-corrected chi connectivity index (χ3v) is 4.26. The van der Waals surface area contributed by atoms with Gasteiger partial charge in [-0.25, -0.2) is 13.4 Å². The van der Waals surface area contributed by atoms with Gasteiger partial charge < -0.3 is 5.73 Å². The summed E-state index contributed by atoms with van der Waals surface area (Å²) in [4.78, 5) is 4.11. The molecule has 0 amide bonds. The molecule has 0 spiro atoms. The van der Waals surface area contributed by atoms with Gasteiger partial charge in [-0.05, 0) is 49.7 Å². The number of sulfonamides is 1. The quantitative estimate of drug-likeness (QED) is 0.853. The summed E-state index contributed by atoms with van der Waals surface area (Å²) in [6.45, 7) is 3.66. The van der Waals surface area contributed by atoms with Crippen LogP contribution < -0.4 is 10.5 Å². The van der Waals surface area contributed by atoms with Gasteiger partial charge in [0.2, 0.25) is 0 Å². The van der Waals surface area contributed by atoms with E-state index in [1.54, 1.807) is 13.0 Å². The zero-order valence-electron chi connectivity index (χ0n) is 11.0. The number of hydrogen-bond donors (Lipinski definition) is 2. The number of nitrogens with two attached hydrogens (primary N) is 1. The Hall–Kier alpha value is -1.79. The van der Waals surface area contributed by atoms with Crippen LogP contribution in [0, 0.1) is 13.8 Å². The maximum absolute atomic E-state index is 12.3. The largest absolute Gasteiger partial charge is 0.398 e. The first-order chi connectivity index (χ1) is 9.28. The summed E-state index contributed by atoms with van der Waals surface area (Å²) in [6, 6.07) is 7.74. The van der Waals surface area contributed by atoms with E-state index < -0.39 is 10.0 Å². The van der Waals surface area contributed by atoms with Gasteiger partial charge in [0, 0.05) is 10.7 Å². The number of nitrogens with one attached hydrogen (secondary N) is 1. The first-order valence-electron chi connectivity index (χ1n) is 5.81. The van der Waals surface area contributed by atoms with Crippen LogP contribution in [0.5, 0.6) is 0 Å². The van der Waals surface area contributed by atoms with E-state index in [0.717, 1.165) is 11.3 Å². The van der Waals surface area contributed by atoms with Crippen LogP contribution in [-0.4, -0.2) is 13.4 Å². The molecule has 1 heterocycles. The van der Waals surface area contributed by atoms with Crippen LogP contribution in [0.4, 0.5) is 11.5 Å². The highest BCUT2D eigenvalue weighted by Crippen LogP contribution is 2.24. The number of anilines is 2. The van der Waals surface area contributed by atoms with E-state index in [0.29, 0.717) is 5.02 Å². The van der Waals surface area contributed by atoms with Gasteiger partial charge in [-0.2, -0.15) is 0 Å². The lowest BCUT2D eigenvalue weighted by molar-refractivity contribution is 0.601. The minimum atomic E-state index is -3.79. The van der Waals surface area contributed by atoms with E-state index in [9.17, 15) is 8.42 Å². The second kappa shape index (κ2) is 5.30. The van der Waals surface area contributed by atoms with Crippen LogP contribution in [0.1, 0.15) is 11.3 Å². The molecule has 0 radical (unpaired) electrons. The molecule has 0 fully saturated rings. The summed E-state index contributed by atoms with van der Waals surface area (Å²) in [7, 11) is -3.79. The molecule has 7 heteroatoms. The lowest BCUT2D eigenvalue weighted by Gasteiger charge is -2.10. The molecule has 0 aliphatic heterocycles. The SMILES string of the molecule is Cc1cc(C)nc(NS(=O)(=O)c2ccc(Cl)cc2N)c1. The summed E-state index contributed by atoms with van der Waals surface area (Å²) in [5, 5.41) is 0.381. The molecule has 2 aromatic rings. The van der Waals surface area contributed by atoms with E-state index in [4.69, 9.17) is 17.3 Å². The summed E-state index contributed by atoms with van der Waals surface area (Å²) < 4.78 is 27.0. The van der Waals surface area contributed by atoms with Gasteiger partial charge >= 0.3 is 0 Å². The van der Waals surface area contributed by atoms with Crippen LogP contribution in [0.15, 0.2) is 35.2 Å². The molecule has 0 unspecified atom stereocenters. The van der Waals surface area contributed by atoms with Crippen LogP contribution in [0.3, 0.4) is 0 Å². The molecule has 0 saturated carbocycles. The van der Waals surface area contributed by atoms with Crippen LogP contribution >= 0.6 is 11.6 Å². The summed E-state index contributed by atoms with van der Waals surface area (Å²) in [5.74, 6) is 0.261. The fourth-order valence-electron chi connectivity index (χ4n) is 1.85. The summed E-state index contributed by atoms with van der Waals surface area (Å²) >= 11 is 5.76. The van der Waals surface area contributed by atoms with Crippen LogP contribution in [0.25, 0.3) is 0 Å². The average molecular weight is 312 g/mol. The van der Waals surface area contributed by atoms with Crippen molar-refractivity contribution >= 4 is 33.1 Å². The van der Waals surface area contributed by atoms with Crippen molar-refractivity contribution in [2.45, 2.75) is 18.7 Å². The van der Waals surface area contributed by atoms with Crippen molar-refractivity contribution in [3.63, 3.8) is 0 Å². The number of rotatable bonds is 3. The highest BCUT2D eigenvalue weighted by molar-refractivity contribution is 7.92. The Morgan fingerprint density at radius 2 is 1.90 bits per heavy atom. The molecule has 3 N–H and O–H groups in total. The van der Waals surface area contributed by atoms with Gasteiger partial charge in [0.1, 0.15) is 10.7 Å². The Morgan fingerprint density at radius 3 is 2.50 bits per heavy atom. The molecular formula is C13H14ClN3O2S. The fraction of sp³-hybridized carbons (Fsp3) is 0.154. The van der Waals surface area contributed by atoms with Crippen LogP contribution in [-0.2, 0) is 10.0 Å². The molecule has 0 atom stereocenters. The van der Waals surface area contributed by atoms with Crippen molar-refractivity contribution in [1.82, 2.24) is 4.98 Å². The lowest BCUT2D eigenvalue weighted by Crippen LogP contribution is -2.16. The van der Waals surface area contributed by atoms with E-state index in [1.807, 2.05) is 13.0 Å². The number of aryl methyl sites for hydroxylation is 2. The van der Waals surface area contributed by atoms with Crippen molar-refractivity contribution < 1.29 is 8.42 Å². The van der Waals surface area contributed by atoms with Gasteiger partial charge in [-0.15, -0.1) is 0 Å². The number of nitrogen functional groups attached to an aromatic ring is 1. The topological polar surface area (TPSA) is 85.1 Å². The van der Waals surface area contributed by atoms with Gasteiger partial charge in [-0.3, -0.25) is 4.72 Å². The van der Waals surface area contributed by atoms with Crippen molar-refractivity contribution in [3.05, 3.63) is 46.6 Å². The first kappa shape index (κ1) is 14.6. The Kier molecular flexibility index (Phi) is 3.87. The highest BCUT2D eigenvalue weighted by atomic mass is 35.5. The maximum Gasteiger partial charge on any atom is 0.265 e. The number of nitrogens with zero attached hydrogens (tertiary/aromatic N) is 1. The predicted octanol–water partition coefficient (Wildman–Crippen LogP) is 2.73. The van der Waals surface area contributed by atoms with Gasteiger partial charge in [0.25, 0.3) is 10.0 Å². The molecule has 1 aromatic carbocycles. The van der Waals surface area contributed by atoms with E-state index in [1.165, 1.54) is 18.2 Å². The monoisotopic (exact) mass is 311 g/mol. The average Bonchev–Trinajstić information content (AvgIpc) is 2.25. The number of hydrogen-bond acceptors (Lipinski definition) is 4. The minimum Gasteiger partial charge on any atom is -0.398 e. The Labute approximate surface area is 122 Å². The zero-order chi connectivity index (χ0) is 14.9. The minimum absolute atomic E-state index is 0.0251. The molecule has 1 aromatic heterocycles. The third-order valence-electron chi connectivity index (χ3n) is 2.60. The molecule has 0 aliphatic carbocycles. The molecule has 0 aliphatic rings. The lowest BCUT2D eigenvalue weighted by atomic mass is 10.2. The Balaban J connectivity index is 2.40. The molecule has 5 nitrogen and oxygen atoms in total. The molecule has 0 bridgehead atoms. The maximum atomic E-state index is 12.3. The number of halogens is 1. The summed E-state index contributed by atoms with van der Waals surface area (Å²) in [6.07, 6.45) is 0. The van der Waals surface area contributed by atoms with E-state index >= 15 is 0 Å². The number of benzene rings is 1. The second-order valence-electron chi connectivity index (χ2n) is 4.46. The zero-order valence-corrected chi connectivity index (χ0v) is 12.6. The van der Waals surface area contributed by atoms with Gasteiger partial charge in [0.05, 0.1) is 5.69 Å². The number of aromatic nitrogens is 1. The van der Waals surface area contributed by atoms with E-state index in [-0.39, 0.29) is 16.4 Å². The Bertz CT molecular complexity index is 740. The number of pyridine rings is 1. The van der Waals surface area contributed by atoms with E-state index in [2.05, 4.69) is 9.71 Å². The second-order valence-corrected chi connectivity index (χ2v) is 6.55. The third kappa shape index (κ3) is 3.20. The van der Waals surface area contributed by atoms with Gasteiger partial charge in [-0.1, -0.05) is 11.6 Å². The van der Waals surface area contributed by atoms with Crippen molar-refractivity contribution in [3.8, 4) is 0 Å². The highest BCUT2D eigenvalue weighted by Gasteiger charge is 2.18. The summed E-state index contributed by atoms with van der Waals surface area (Å²) in [5.41, 5.74) is 7.43. The van der Waals surface area contributed by atoms with Crippen molar-refractivity contribution in [2.24, 2.45) is 0 Å². The normalized spacial score (nSPS) is 11.3. The first-order valence-corrected chi connectivity index (χ1v) is 7.67. The van der Waals surface area contributed by atoms with Crippen molar-refractivity contribution in [1.29, 1.82) is 0 Å². The van der Waals surface area contributed by atoms with Gasteiger partial charge in [0.15, 0.2) is 0 Å². The smallest absolute Gasteiger partial charge is 0.265 e.